The second-order valence-corrected chi connectivity index (χ2v) is 14.0. The molecule has 0 unspecified atom stereocenters. The number of carbonyl (C=O) groups is 1. The summed E-state index contributed by atoms with van der Waals surface area (Å²) in [6.45, 7) is 7.86. The number of nitrogens with zero attached hydrogens (tertiary/aromatic N) is 2. The van der Waals surface area contributed by atoms with E-state index in [-0.39, 0.29) is 29.6 Å². The number of nitrogens with one attached hydrogen (secondary N) is 1. The number of hydrogen-bond donors (Lipinski definition) is 2. The molecule has 0 spiro atoms. The molecule has 0 aliphatic heterocycles. The predicted octanol–water partition coefficient (Wildman–Crippen LogP) is 5.06. The first-order chi connectivity index (χ1) is 17.4. The second-order valence-electron chi connectivity index (χ2n) is 8.62. The van der Waals surface area contributed by atoms with Crippen molar-refractivity contribution in [2.45, 2.75) is 44.0 Å². The van der Waals surface area contributed by atoms with Gasteiger partial charge in [0.15, 0.2) is 25.8 Å². The minimum absolute atomic E-state index is 0.0261. The Balaban J connectivity index is 1.85. The summed E-state index contributed by atoms with van der Waals surface area (Å²) >= 11 is 0. The van der Waals surface area contributed by atoms with E-state index >= 15 is 0 Å². The number of amides is 1. The van der Waals surface area contributed by atoms with E-state index in [9.17, 15) is 17.8 Å². The summed E-state index contributed by atoms with van der Waals surface area (Å²) < 4.78 is 48.8. The zero-order valence-corrected chi connectivity index (χ0v) is 23.1. The summed E-state index contributed by atoms with van der Waals surface area (Å²) in [5, 5.41) is 2.65. The average Bonchev–Trinajstić information content (AvgIpc) is 2.85. The molecule has 3 N–H and O–H groups in total. The molecule has 0 fully saturated rings. The first kappa shape index (κ1) is 28.5. The fourth-order valence-electron chi connectivity index (χ4n) is 3.46. The lowest BCUT2D eigenvalue weighted by molar-refractivity contribution is 0.102. The molecule has 0 saturated heterocycles. The van der Waals surface area contributed by atoms with Gasteiger partial charge in [-0.2, -0.15) is 0 Å². The van der Waals surface area contributed by atoms with E-state index in [0.717, 1.165) is 11.1 Å². The summed E-state index contributed by atoms with van der Waals surface area (Å²) in [5.41, 5.74) is 8.49. The third kappa shape index (κ3) is 5.75. The monoisotopic (exact) mass is 546 g/mol. The van der Waals surface area contributed by atoms with Crippen molar-refractivity contribution in [3.05, 3.63) is 66.0 Å². The third-order valence-corrected chi connectivity index (χ3v) is 11.8. The highest BCUT2D eigenvalue weighted by Crippen LogP contribution is 2.63. The lowest BCUT2D eigenvalue weighted by Crippen LogP contribution is -2.33. The van der Waals surface area contributed by atoms with Crippen LogP contribution in [0.5, 0.6) is 0 Å². The Morgan fingerprint density at radius 2 is 1.59 bits per heavy atom. The van der Waals surface area contributed by atoms with Crippen molar-refractivity contribution in [3.63, 3.8) is 0 Å². The number of benzene rings is 2. The lowest BCUT2D eigenvalue weighted by atomic mass is 10.1. The van der Waals surface area contributed by atoms with Crippen molar-refractivity contribution in [3.8, 4) is 11.3 Å². The number of anilines is 2. The number of nitrogens with two attached hydrogens (primary N) is 1. The molecule has 1 aromatic heterocycles. The maximum Gasteiger partial charge on any atom is 0.351 e. The van der Waals surface area contributed by atoms with E-state index in [2.05, 4.69) is 15.3 Å². The van der Waals surface area contributed by atoms with Crippen LogP contribution in [0, 0.1) is 6.92 Å². The number of carbonyl (C=O) groups excluding carboxylic acids is 1. The van der Waals surface area contributed by atoms with Gasteiger partial charge in [-0.15, -0.1) is 0 Å². The van der Waals surface area contributed by atoms with E-state index in [1.807, 2.05) is 31.2 Å². The largest absolute Gasteiger partial charge is 0.382 e. The molecular formula is C25H31N4O6PS. The van der Waals surface area contributed by atoms with Crippen LogP contribution in [0.3, 0.4) is 0 Å². The standard InChI is InChI=1S/C25H31N4O6PS/c1-6-34-36(31,35-7-2)25(4,5)37(32,33)20-14-12-19(13-15-20)28-24(30)22-23(26)27-16-21(29-22)18-10-8-17(3)9-11-18/h8-16H,6-7H2,1-5H3,(H2,26,27)(H,28,30). The van der Waals surface area contributed by atoms with Gasteiger partial charge >= 0.3 is 7.60 Å². The summed E-state index contributed by atoms with van der Waals surface area (Å²) in [6, 6.07) is 13.0. The number of aryl methyl sites for hydroxylation is 1. The van der Waals surface area contributed by atoms with Crippen molar-refractivity contribution in [2.24, 2.45) is 0 Å². The molecule has 0 bridgehead atoms. The zero-order valence-electron chi connectivity index (χ0n) is 21.4. The second kappa shape index (κ2) is 11.1. The first-order valence-electron chi connectivity index (χ1n) is 11.6. The molecule has 198 valence electrons. The van der Waals surface area contributed by atoms with Crippen LogP contribution in [-0.2, 0) is 23.4 Å². The van der Waals surface area contributed by atoms with Gasteiger partial charge in [-0.1, -0.05) is 29.8 Å². The minimum Gasteiger partial charge on any atom is -0.382 e. The van der Waals surface area contributed by atoms with Crippen LogP contribution in [0.1, 0.15) is 43.7 Å². The van der Waals surface area contributed by atoms with Crippen molar-refractivity contribution in [1.82, 2.24) is 9.97 Å². The Hall–Kier alpha value is -3.11. The van der Waals surface area contributed by atoms with Gasteiger partial charge in [-0.3, -0.25) is 9.36 Å². The van der Waals surface area contributed by atoms with E-state index in [4.69, 9.17) is 14.8 Å². The fourth-order valence-corrected chi connectivity index (χ4v) is 7.72. The van der Waals surface area contributed by atoms with Crippen LogP contribution in [-0.4, -0.2) is 42.0 Å². The molecule has 0 radical (unpaired) electrons. The van der Waals surface area contributed by atoms with E-state index in [1.165, 1.54) is 44.3 Å². The summed E-state index contributed by atoms with van der Waals surface area (Å²) in [7, 11) is -8.16. The van der Waals surface area contributed by atoms with Crippen molar-refractivity contribution in [2.75, 3.05) is 24.3 Å². The molecular weight excluding hydrogens is 515 g/mol. The maximum atomic E-state index is 13.4. The smallest absolute Gasteiger partial charge is 0.351 e. The molecule has 1 heterocycles. The molecule has 12 heteroatoms. The molecule has 37 heavy (non-hydrogen) atoms. The minimum atomic E-state index is -4.15. The van der Waals surface area contributed by atoms with Crippen LogP contribution in [0.15, 0.2) is 59.6 Å². The third-order valence-electron chi connectivity index (χ3n) is 5.70. The topological polar surface area (TPSA) is 151 Å². The average molecular weight is 547 g/mol. The number of rotatable bonds is 10. The van der Waals surface area contributed by atoms with Crippen LogP contribution in [0.25, 0.3) is 11.3 Å². The first-order valence-corrected chi connectivity index (χ1v) is 14.6. The van der Waals surface area contributed by atoms with Gasteiger partial charge in [0.25, 0.3) is 5.91 Å². The Morgan fingerprint density at radius 3 is 2.14 bits per heavy atom. The van der Waals surface area contributed by atoms with Gasteiger partial charge < -0.3 is 20.1 Å². The van der Waals surface area contributed by atoms with E-state index < -0.39 is 27.8 Å². The van der Waals surface area contributed by atoms with Crippen LogP contribution in [0.4, 0.5) is 11.5 Å². The van der Waals surface area contributed by atoms with E-state index in [0.29, 0.717) is 11.4 Å². The van der Waals surface area contributed by atoms with Crippen LogP contribution >= 0.6 is 7.60 Å². The normalized spacial score (nSPS) is 12.4. The maximum absolute atomic E-state index is 13.4. The number of hydrogen-bond acceptors (Lipinski definition) is 9. The zero-order chi connectivity index (χ0) is 27.4. The molecule has 3 rings (SSSR count). The Bertz CT molecular complexity index is 1410. The SMILES string of the molecule is CCOP(=O)(OCC)C(C)(C)S(=O)(=O)c1ccc(NC(=O)c2nc(-c3ccc(C)cc3)cnc2N)cc1. The van der Waals surface area contributed by atoms with Gasteiger partial charge in [0, 0.05) is 11.3 Å². The Kier molecular flexibility index (Phi) is 8.54. The highest BCUT2D eigenvalue weighted by atomic mass is 32.2. The van der Waals surface area contributed by atoms with Crippen molar-refractivity contribution < 1.29 is 26.8 Å². The molecule has 0 atom stereocenters. The quantitative estimate of drug-likeness (QED) is 0.332. The fraction of sp³-hybridized carbons (Fsp3) is 0.320. The number of aromatic nitrogens is 2. The lowest BCUT2D eigenvalue weighted by Gasteiger charge is -2.32. The molecule has 10 nitrogen and oxygen atoms in total. The molecule has 1 amide bonds. The molecule has 2 aromatic carbocycles. The van der Waals surface area contributed by atoms with Crippen molar-refractivity contribution in [1.29, 1.82) is 0 Å². The van der Waals surface area contributed by atoms with Gasteiger partial charge in [-0.25, -0.2) is 18.4 Å². The predicted molar refractivity (Wildman–Crippen MR) is 143 cm³/mol. The molecule has 0 aliphatic rings. The number of nitrogen functional groups attached to an aromatic ring is 1. The summed E-state index contributed by atoms with van der Waals surface area (Å²) in [5.74, 6) is -0.649. The van der Waals surface area contributed by atoms with Crippen molar-refractivity contribution >= 4 is 34.8 Å². The molecule has 0 saturated carbocycles. The van der Waals surface area contributed by atoms with E-state index in [1.54, 1.807) is 13.8 Å². The highest BCUT2D eigenvalue weighted by Gasteiger charge is 2.53. The van der Waals surface area contributed by atoms with Gasteiger partial charge in [-0.05, 0) is 58.9 Å². The number of sulfone groups is 1. The van der Waals surface area contributed by atoms with Crippen LogP contribution < -0.4 is 11.1 Å². The van der Waals surface area contributed by atoms with Gasteiger partial charge in [0.1, 0.15) is 0 Å². The van der Waals surface area contributed by atoms with Gasteiger partial charge in [0.05, 0.1) is 30.0 Å². The summed E-state index contributed by atoms with van der Waals surface area (Å²) in [4.78, 5) is 21.3. The Morgan fingerprint density at radius 1 is 1.03 bits per heavy atom. The highest BCUT2D eigenvalue weighted by molar-refractivity contribution is 7.99. The van der Waals surface area contributed by atoms with Crippen LogP contribution in [0.2, 0.25) is 0 Å². The van der Waals surface area contributed by atoms with Gasteiger partial charge in [0.2, 0.25) is 0 Å². The molecule has 3 aromatic rings. The Labute approximate surface area is 217 Å². The molecule has 0 aliphatic carbocycles. The summed E-state index contributed by atoms with van der Waals surface area (Å²) in [6.07, 6.45) is 1.49.